The second-order valence-corrected chi connectivity index (χ2v) is 6.92. The van der Waals surface area contributed by atoms with E-state index in [1.165, 1.54) is 0 Å². The Labute approximate surface area is 152 Å². The van der Waals surface area contributed by atoms with Crippen LogP contribution < -0.4 is 21.7 Å². The number of fused-ring (bicyclic) bond motifs is 1. The Morgan fingerprint density at radius 2 is 2.19 bits per heavy atom. The van der Waals surface area contributed by atoms with E-state index in [0.717, 1.165) is 15.8 Å². The monoisotopic (exact) mass is 371 g/mol. The highest BCUT2D eigenvalue weighted by Gasteiger charge is 2.26. The number of anilines is 3. The van der Waals surface area contributed by atoms with E-state index in [1.54, 1.807) is 11.3 Å². The first-order valence-corrected chi connectivity index (χ1v) is 8.92. The molecule has 0 saturated carbocycles. The van der Waals surface area contributed by atoms with Crippen LogP contribution in [0.3, 0.4) is 0 Å². The van der Waals surface area contributed by atoms with E-state index in [9.17, 15) is 9.90 Å². The number of nitrogens with two attached hydrogens (primary N) is 1. The zero-order valence-corrected chi connectivity index (χ0v) is 14.5. The van der Waals surface area contributed by atoms with Gasteiger partial charge in [0.2, 0.25) is 5.95 Å². The minimum Gasteiger partial charge on any atom is -0.390 e. The lowest BCUT2D eigenvalue weighted by atomic mass is 10.2. The molecule has 0 unspecified atom stereocenters. The summed E-state index contributed by atoms with van der Waals surface area (Å²) >= 11 is 1.65. The zero-order chi connectivity index (χ0) is 18.1. The molecule has 1 amide bonds. The van der Waals surface area contributed by atoms with Crippen molar-refractivity contribution in [2.75, 3.05) is 23.7 Å². The summed E-state index contributed by atoms with van der Waals surface area (Å²) < 4.78 is 1.16. The van der Waals surface area contributed by atoms with Gasteiger partial charge in [-0.3, -0.25) is 4.79 Å². The van der Waals surface area contributed by atoms with Crippen molar-refractivity contribution >= 4 is 44.8 Å². The molecule has 2 aromatic heterocycles. The van der Waals surface area contributed by atoms with Crippen LogP contribution in [0, 0.1) is 0 Å². The number of aromatic nitrogens is 3. The van der Waals surface area contributed by atoms with Crippen LogP contribution in [-0.4, -0.2) is 51.4 Å². The van der Waals surface area contributed by atoms with Crippen molar-refractivity contribution in [1.82, 2.24) is 20.5 Å². The third-order valence-corrected chi connectivity index (χ3v) is 5.03. The summed E-state index contributed by atoms with van der Waals surface area (Å²) in [5.74, 6) is -0.301. The molecule has 10 heteroatoms. The number of amides is 1. The Kier molecular flexibility index (Phi) is 4.37. The van der Waals surface area contributed by atoms with Crippen molar-refractivity contribution in [2.45, 2.75) is 12.1 Å². The number of aliphatic hydroxyl groups is 1. The van der Waals surface area contributed by atoms with Crippen LogP contribution in [0.2, 0.25) is 0 Å². The number of hydrogen-bond acceptors (Lipinski definition) is 9. The van der Waals surface area contributed by atoms with E-state index >= 15 is 0 Å². The Hall–Kier alpha value is -2.82. The Morgan fingerprint density at radius 1 is 1.31 bits per heavy atom. The van der Waals surface area contributed by atoms with Gasteiger partial charge in [-0.05, 0) is 35.0 Å². The molecule has 0 bridgehead atoms. The van der Waals surface area contributed by atoms with Crippen LogP contribution >= 0.6 is 11.3 Å². The predicted octanol–water partition coefficient (Wildman–Crippen LogP) is 0.673. The number of nitrogens with one attached hydrogen (secondary N) is 3. The molecule has 1 aliphatic heterocycles. The lowest BCUT2D eigenvalue weighted by molar-refractivity contribution is 0.0995. The van der Waals surface area contributed by atoms with E-state index in [0.29, 0.717) is 13.1 Å². The van der Waals surface area contributed by atoms with E-state index in [4.69, 9.17) is 5.73 Å². The highest BCUT2D eigenvalue weighted by Crippen LogP contribution is 2.26. The van der Waals surface area contributed by atoms with Gasteiger partial charge >= 0.3 is 0 Å². The summed E-state index contributed by atoms with van der Waals surface area (Å²) in [6.07, 6.45) is -0.549. The number of carbonyl (C=O) groups is 1. The minimum absolute atomic E-state index is 0.0499. The predicted molar refractivity (Wildman–Crippen MR) is 99.7 cm³/mol. The molecule has 2 atom stereocenters. The fourth-order valence-corrected chi connectivity index (χ4v) is 3.57. The van der Waals surface area contributed by atoms with Gasteiger partial charge in [0.1, 0.15) is 0 Å². The van der Waals surface area contributed by atoms with Crippen LogP contribution in [-0.2, 0) is 0 Å². The third-order valence-electron chi connectivity index (χ3n) is 4.13. The smallest absolute Gasteiger partial charge is 0.273 e. The summed E-state index contributed by atoms with van der Waals surface area (Å²) in [5.41, 5.74) is 6.09. The minimum atomic E-state index is -0.724. The molecule has 3 aromatic rings. The molecule has 3 heterocycles. The van der Waals surface area contributed by atoms with Crippen molar-refractivity contribution in [1.29, 1.82) is 0 Å². The fraction of sp³-hybridized carbons (Fsp3) is 0.250. The zero-order valence-electron chi connectivity index (χ0n) is 13.6. The summed E-state index contributed by atoms with van der Waals surface area (Å²) in [6, 6.07) is 7.62. The number of nitrogens with zero attached hydrogens (tertiary/aromatic N) is 3. The van der Waals surface area contributed by atoms with Crippen molar-refractivity contribution in [3.8, 4) is 0 Å². The molecule has 26 heavy (non-hydrogen) atoms. The maximum atomic E-state index is 11.7. The first-order valence-electron chi connectivity index (χ1n) is 8.04. The molecule has 6 N–H and O–H groups in total. The first kappa shape index (κ1) is 16.6. The second-order valence-electron chi connectivity index (χ2n) is 5.97. The van der Waals surface area contributed by atoms with Gasteiger partial charge in [-0.25, -0.2) is 0 Å². The molecule has 0 aliphatic carbocycles. The van der Waals surface area contributed by atoms with Gasteiger partial charge in [0, 0.05) is 23.5 Å². The standard InChI is InChI=1S/C16H17N7O2S/c17-14(25)13-15(19-9-1-2-12-8(5-9)3-4-26-12)21-16(23-22-13)20-10-6-18-7-11(10)24/h1-5,10-11,18,24H,6-7H2,(H2,17,25)(H2,19,20,21,23)/t10-,11-/m0/s1. The van der Waals surface area contributed by atoms with Crippen molar-refractivity contribution in [3.63, 3.8) is 0 Å². The summed E-state index contributed by atoms with van der Waals surface area (Å²) in [7, 11) is 0. The average molecular weight is 371 g/mol. The number of hydrogen-bond donors (Lipinski definition) is 5. The lowest BCUT2D eigenvalue weighted by Crippen LogP contribution is -2.33. The number of carbonyl (C=O) groups excluding carboxylic acids is 1. The molecule has 0 spiro atoms. The van der Waals surface area contributed by atoms with Crippen LogP contribution in [0.4, 0.5) is 17.5 Å². The number of aliphatic hydroxyl groups excluding tert-OH is 1. The van der Waals surface area contributed by atoms with Crippen molar-refractivity contribution < 1.29 is 9.90 Å². The van der Waals surface area contributed by atoms with E-state index in [2.05, 4.69) is 31.1 Å². The highest BCUT2D eigenvalue weighted by molar-refractivity contribution is 7.17. The summed E-state index contributed by atoms with van der Waals surface area (Å²) in [5, 5.41) is 29.9. The van der Waals surface area contributed by atoms with Crippen LogP contribution in [0.1, 0.15) is 10.5 Å². The number of primary amides is 1. The molecule has 9 nitrogen and oxygen atoms in total. The summed E-state index contributed by atoms with van der Waals surface area (Å²) in [4.78, 5) is 16.0. The van der Waals surface area contributed by atoms with Gasteiger partial charge in [0.25, 0.3) is 5.91 Å². The average Bonchev–Trinajstić information content (AvgIpc) is 3.23. The second kappa shape index (κ2) is 6.83. The molecular formula is C16H17N7O2S. The van der Waals surface area contributed by atoms with E-state index in [1.807, 2.05) is 29.6 Å². The van der Waals surface area contributed by atoms with Crippen LogP contribution in [0.15, 0.2) is 29.6 Å². The van der Waals surface area contributed by atoms with Gasteiger partial charge < -0.3 is 26.8 Å². The number of thiophene rings is 1. The van der Waals surface area contributed by atoms with Crippen molar-refractivity contribution in [3.05, 3.63) is 35.3 Å². The molecule has 4 rings (SSSR count). The molecule has 1 fully saturated rings. The molecule has 1 aromatic carbocycles. The number of β-amino-alcohol motifs (C(OH)–C–C–N with tert-alkyl or cyclic N) is 1. The van der Waals surface area contributed by atoms with Gasteiger partial charge in [0.15, 0.2) is 11.5 Å². The lowest BCUT2D eigenvalue weighted by Gasteiger charge is -2.16. The topological polar surface area (TPSA) is 138 Å². The van der Waals surface area contributed by atoms with Gasteiger partial charge in [-0.15, -0.1) is 21.5 Å². The summed E-state index contributed by atoms with van der Waals surface area (Å²) in [6.45, 7) is 1.08. The Balaban J connectivity index is 1.63. The largest absolute Gasteiger partial charge is 0.390 e. The molecule has 1 saturated heterocycles. The van der Waals surface area contributed by atoms with Crippen molar-refractivity contribution in [2.24, 2.45) is 5.73 Å². The van der Waals surface area contributed by atoms with Gasteiger partial charge in [-0.2, -0.15) is 4.98 Å². The normalized spacial score (nSPS) is 19.6. The number of rotatable bonds is 5. The number of benzene rings is 1. The first-order chi connectivity index (χ1) is 12.6. The molecular weight excluding hydrogens is 354 g/mol. The molecule has 134 valence electrons. The van der Waals surface area contributed by atoms with E-state index in [-0.39, 0.29) is 23.5 Å². The van der Waals surface area contributed by atoms with E-state index < -0.39 is 12.0 Å². The third kappa shape index (κ3) is 3.29. The SMILES string of the molecule is NC(=O)c1nnc(N[C@H]2CNC[C@@H]2O)nc1Nc1ccc2sccc2c1. The maximum absolute atomic E-state index is 11.7. The maximum Gasteiger partial charge on any atom is 0.273 e. The Morgan fingerprint density at radius 3 is 2.96 bits per heavy atom. The van der Waals surface area contributed by atoms with Crippen LogP contribution in [0.25, 0.3) is 10.1 Å². The van der Waals surface area contributed by atoms with Crippen LogP contribution in [0.5, 0.6) is 0 Å². The highest BCUT2D eigenvalue weighted by atomic mass is 32.1. The Bertz CT molecular complexity index is 961. The fourth-order valence-electron chi connectivity index (χ4n) is 2.80. The molecule has 0 radical (unpaired) electrons. The quantitative estimate of drug-likeness (QED) is 0.441. The van der Waals surface area contributed by atoms with Gasteiger partial charge in [0.05, 0.1) is 12.1 Å². The molecule has 1 aliphatic rings. The van der Waals surface area contributed by atoms with Gasteiger partial charge in [-0.1, -0.05) is 0 Å².